The first-order valence-electron chi connectivity index (χ1n) is 6.48. The van der Waals surface area contributed by atoms with E-state index in [0.717, 1.165) is 12.2 Å². The van der Waals surface area contributed by atoms with Crippen molar-refractivity contribution in [2.45, 2.75) is 33.0 Å². The molecule has 0 spiro atoms. The molecule has 1 aliphatic carbocycles. The van der Waals surface area contributed by atoms with Gasteiger partial charge in [-0.05, 0) is 30.2 Å². The summed E-state index contributed by atoms with van der Waals surface area (Å²) in [6.45, 7) is 9.29. The van der Waals surface area contributed by atoms with Gasteiger partial charge in [-0.3, -0.25) is 0 Å². The number of hydrogen-bond donors (Lipinski definition) is 0. The maximum absolute atomic E-state index is 5.74. The molecule has 0 bridgehead atoms. The third kappa shape index (κ3) is 2.44. The first-order chi connectivity index (χ1) is 8.43. The summed E-state index contributed by atoms with van der Waals surface area (Å²) in [6, 6.07) is 4.55. The van der Waals surface area contributed by atoms with Gasteiger partial charge in [-0.1, -0.05) is 49.5 Å². The van der Waals surface area contributed by atoms with Crippen LogP contribution in [-0.2, 0) is 0 Å². The molecule has 2 rings (SSSR count). The number of ether oxygens (including phenoxy) is 1. The predicted molar refractivity (Wildman–Crippen MR) is 82.4 cm³/mol. The highest BCUT2D eigenvalue weighted by Gasteiger charge is 2.24. The van der Waals surface area contributed by atoms with Gasteiger partial charge in [0.1, 0.15) is 5.75 Å². The van der Waals surface area contributed by atoms with Crippen molar-refractivity contribution in [3.63, 3.8) is 0 Å². The highest BCUT2D eigenvalue weighted by Crippen LogP contribution is 2.32. The molecule has 0 saturated carbocycles. The predicted octanol–water partition coefficient (Wildman–Crippen LogP) is 3.89. The Morgan fingerprint density at radius 3 is 2.39 bits per heavy atom. The van der Waals surface area contributed by atoms with Gasteiger partial charge in [0.2, 0.25) is 0 Å². The van der Waals surface area contributed by atoms with Crippen LogP contribution in [0.2, 0.25) is 19.6 Å². The molecule has 0 atom stereocenters. The topological polar surface area (TPSA) is 9.23 Å². The van der Waals surface area contributed by atoms with Gasteiger partial charge in [-0.2, -0.15) is 0 Å². The van der Waals surface area contributed by atoms with Gasteiger partial charge in [0, 0.05) is 5.56 Å². The molecule has 0 radical (unpaired) electrons. The van der Waals surface area contributed by atoms with Crippen molar-refractivity contribution in [2.75, 3.05) is 7.11 Å². The fourth-order valence-corrected chi connectivity index (χ4v) is 4.01. The first-order valence-corrected chi connectivity index (χ1v) is 9.98. The van der Waals surface area contributed by atoms with E-state index >= 15 is 0 Å². The van der Waals surface area contributed by atoms with E-state index in [1.165, 1.54) is 21.9 Å². The van der Waals surface area contributed by atoms with Crippen molar-refractivity contribution >= 4 is 18.8 Å². The Bertz CT molecular complexity index is 519. The molecular weight excluding hydrogens is 236 g/mol. The fraction of sp³-hybridized carbons (Fsp3) is 0.375. The molecule has 0 aliphatic heterocycles. The van der Waals surface area contributed by atoms with Gasteiger partial charge in [-0.25, -0.2) is 0 Å². The number of rotatable bonds is 3. The summed E-state index contributed by atoms with van der Waals surface area (Å²) in [4.78, 5) is 0. The third-order valence-corrected chi connectivity index (χ3v) is 5.35. The number of aryl methyl sites for hydroxylation is 1. The smallest absolute Gasteiger partial charge is 0.125 e. The second-order valence-corrected chi connectivity index (χ2v) is 11.0. The lowest BCUT2D eigenvalue weighted by Crippen LogP contribution is -2.39. The minimum atomic E-state index is -1.39. The van der Waals surface area contributed by atoms with E-state index in [2.05, 4.69) is 56.9 Å². The lowest BCUT2D eigenvalue weighted by Gasteiger charge is -2.23. The van der Waals surface area contributed by atoms with E-state index in [1.807, 2.05) is 0 Å². The van der Waals surface area contributed by atoms with Crippen molar-refractivity contribution in [1.82, 2.24) is 0 Å². The number of allylic oxidation sites excluding steroid dienone is 4. The van der Waals surface area contributed by atoms with Gasteiger partial charge < -0.3 is 4.74 Å². The molecule has 0 fully saturated rings. The zero-order chi connectivity index (χ0) is 13.3. The molecule has 0 heterocycles. The number of methoxy groups -OCH3 is 1. The van der Waals surface area contributed by atoms with E-state index in [9.17, 15) is 0 Å². The summed E-state index contributed by atoms with van der Waals surface area (Å²) >= 11 is 0. The van der Waals surface area contributed by atoms with E-state index in [-0.39, 0.29) is 0 Å². The van der Waals surface area contributed by atoms with Crippen LogP contribution in [0.1, 0.15) is 17.5 Å². The highest BCUT2D eigenvalue weighted by atomic mass is 28.3. The van der Waals surface area contributed by atoms with Gasteiger partial charge in [0.05, 0.1) is 15.2 Å². The normalized spacial score (nSPS) is 14.8. The molecule has 0 unspecified atom stereocenters. The van der Waals surface area contributed by atoms with Crippen molar-refractivity contribution in [1.29, 1.82) is 0 Å². The van der Waals surface area contributed by atoms with Crippen molar-refractivity contribution in [3.05, 3.63) is 41.5 Å². The maximum atomic E-state index is 5.74. The Morgan fingerprint density at radius 1 is 1.17 bits per heavy atom. The minimum absolute atomic E-state index is 1.02. The zero-order valence-electron chi connectivity index (χ0n) is 12.0. The first kappa shape index (κ1) is 13.2. The van der Waals surface area contributed by atoms with E-state index in [4.69, 9.17) is 4.74 Å². The number of hydrogen-bond acceptors (Lipinski definition) is 1. The highest BCUT2D eigenvalue weighted by molar-refractivity contribution is 6.89. The second kappa shape index (κ2) is 4.77. The lowest BCUT2D eigenvalue weighted by molar-refractivity contribution is 0.416. The molecule has 18 heavy (non-hydrogen) atoms. The average Bonchev–Trinajstić information content (AvgIpc) is 2.80. The largest absolute Gasteiger partial charge is 0.496 e. The molecule has 0 saturated heterocycles. The Kier molecular flexibility index (Phi) is 3.49. The Balaban J connectivity index is 2.62. The van der Waals surface area contributed by atoms with Crippen LogP contribution in [0.15, 0.2) is 30.4 Å². The average molecular weight is 258 g/mol. The summed E-state index contributed by atoms with van der Waals surface area (Å²) < 4.78 is 5.74. The maximum Gasteiger partial charge on any atom is 0.125 e. The molecule has 0 N–H and O–H groups in total. The summed E-state index contributed by atoms with van der Waals surface area (Å²) in [7, 11) is 0.407. The monoisotopic (exact) mass is 258 g/mol. The quantitative estimate of drug-likeness (QED) is 0.747. The van der Waals surface area contributed by atoms with Crippen LogP contribution in [0.3, 0.4) is 0 Å². The SMILES string of the molecule is COc1c(C2=CC=CC2)cc(C)cc1[Si](C)(C)C. The number of benzene rings is 1. The van der Waals surface area contributed by atoms with Gasteiger partial charge in [0.15, 0.2) is 0 Å². The van der Waals surface area contributed by atoms with Crippen molar-refractivity contribution < 1.29 is 4.74 Å². The summed E-state index contributed by atoms with van der Waals surface area (Å²) in [6.07, 6.45) is 7.55. The molecule has 1 aromatic carbocycles. The Morgan fingerprint density at radius 2 is 1.89 bits per heavy atom. The van der Waals surface area contributed by atoms with Crippen LogP contribution in [0.4, 0.5) is 0 Å². The summed E-state index contributed by atoms with van der Waals surface area (Å²) in [5.74, 6) is 1.09. The zero-order valence-corrected chi connectivity index (χ0v) is 13.0. The van der Waals surface area contributed by atoms with Crippen LogP contribution in [0, 0.1) is 6.92 Å². The molecular formula is C16H22OSi. The van der Waals surface area contributed by atoms with E-state index in [0.29, 0.717) is 0 Å². The molecule has 1 nitrogen and oxygen atoms in total. The van der Waals surface area contributed by atoms with Crippen LogP contribution < -0.4 is 9.92 Å². The Hall–Kier alpha value is -1.28. The summed E-state index contributed by atoms with van der Waals surface area (Å²) in [5.41, 5.74) is 3.98. The van der Waals surface area contributed by atoms with Crippen molar-refractivity contribution in [2.24, 2.45) is 0 Å². The van der Waals surface area contributed by atoms with Gasteiger partial charge in [0.25, 0.3) is 0 Å². The lowest BCUT2D eigenvalue weighted by atomic mass is 10.0. The Labute approximate surface area is 111 Å². The molecule has 0 aromatic heterocycles. The minimum Gasteiger partial charge on any atom is -0.496 e. The standard InChI is InChI=1S/C16H22OSi/c1-12-10-14(13-8-6-7-9-13)16(17-2)15(11-12)18(3,4)5/h6-8,10-11H,9H2,1-5H3. The van der Waals surface area contributed by atoms with Crippen LogP contribution in [0.25, 0.3) is 5.57 Å². The van der Waals surface area contributed by atoms with E-state index in [1.54, 1.807) is 7.11 Å². The fourth-order valence-electron chi connectivity index (χ4n) is 2.44. The van der Waals surface area contributed by atoms with Crippen molar-refractivity contribution in [3.8, 4) is 5.75 Å². The molecule has 0 amide bonds. The molecule has 1 aliphatic rings. The molecule has 1 aromatic rings. The molecule has 2 heteroatoms. The van der Waals surface area contributed by atoms with Crippen LogP contribution in [0.5, 0.6) is 5.75 Å². The third-order valence-electron chi connectivity index (χ3n) is 3.36. The van der Waals surface area contributed by atoms with Crippen LogP contribution >= 0.6 is 0 Å². The van der Waals surface area contributed by atoms with E-state index < -0.39 is 8.07 Å². The molecule has 96 valence electrons. The van der Waals surface area contributed by atoms with Gasteiger partial charge in [-0.15, -0.1) is 0 Å². The van der Waals surface area contributed by atoms with Gasteiger partial charge >= 0.3 is 0 Å². The van der Waals surface area contributed by atoms with Crippen LogP contribution in [-0.4, -0.2) is 15.2 Å². The second-order valence-electron chi connectivity index (χ2n) is 5.97. The summed E-state index contributed by atoms with van der Waals surface area (Å²) in [5, 5.41) is 1.42.